The Morgan fingerprint density at radius 3 is 2.58 bits per heavy atom. The molecule has 0 amide bonds. The maximum atomic E-state index is 12.8. The molecule has 2 atom stereocenters. The number of nitrogens with one attached hydrogen (secondary N) is 1. The van der Waals surface area contributed by atoms with E-state index in [0.717, 1.165) is 6.26 Å². The monoisotopic (exact) mass is 484 g/mol. The Morgan fingerprint density at radius 2 is 2.03 bits per heavy atom. The van der Waals surface area contributed by atoms with Crippen LogP contribution in [-0.2, 0) is 26.4 Å². The van der Waals surface area contributed by atoms with Crippen molar-refractivity contribution in [2.45, 2.75) is 36.2 Å². The summed E-state index contributed by atoms with van der Waals surface area (Å²) in [4.78, 5) is 12.8. The maximum Gasteiger partial charge on any atom is 0.229 e. The van der Waals surface area contributed by atoms with Crippen LogP contribution >= 0.6 is 11.8 Å². The molecule has 1 saturated heterocycles. The molecule has 3 rings (SSSR count). The van der Waals surface area contributed by atoms with Gasteiger partial charge in [0.05, 0.1) is 23.0 Å². The number of anilines is 1. The van der Waals surface area contributed by atoms with Gasteiger partial charge in [0.1, 0.15) is 5.82 Å². The molecule has 1 aliphatic heterocycles. The van der Waals surface area contributed by atoms with E-state index in [2.05, 4.69) is 21.5 Å². The SMILES string of the molecule is C=CCn1c(S[C@H](C)C(=O)c2ccc(NS(C)(=O)=O)cc2)nnc1[C@H]1CCS(=O)(=O)C1. The number of ketones is 1. The molecular weight excluding hydrogens is 460 g/mol. The number of rotatable bonds is 9. The fraction of sp³-hybridized carbons (Fsp3) is 0.421. The Kier molecular flexibility index (Phi) is 6.92. The number of thioether (sulfide) groups is 1. The molecule has 1 aromatic heterocycles. The van der Waals surface area contributed by atoms with Gasteiger partial charge in [-0.3, -0.25) is 9.52 Å². The van der Waals surface area contributed by atoms with Crippen LogP contribution in [0.5, 0.6) is 0 Å². The van der Waals surface area contributed by atoms with Crippen LogP contribution in [0.15, 0.2) is 42.1 Å². The molecule has 0 aliphatic carbocycles. The first kappa shape index (κ1) is 23.5. The Labute approximate surface area is 186 Å². The number of sulfonamides is 1. The van der Waals surface area contributed by atoms with Crippen molar-refractivity contribution in [3.63, 3.8) is 0 Å². The Balaban J connectivity index is 1.76. The van der Waals surface area contributed by atoms with E-state index >= 15 is 0 Å². The van der Waals surface area contributed by atoms with Crippen LogP contribution in [0, 0.1) is 0 Å². The van der Waals surface area contributed by atoms with Gasteiger partial charge < -0.3 is 4.57 Å². The summed E-state index contributed by atoms with van der Waals surface area (Å²) in [6.07, 6.45) is 3.24. The highest BCUT2D eigenvalue weighted by molar-refractivity contribution is 8.00. The average Bonchev–Trinajstić information content (AvgIpc) is 3.23. The molecule has 0 radical (unpaired) electrons. The number of nitrogens with zero attached hydrogens (tertiary/aromatic N) is 3. The van der Waals surface area contributed by atoms with E-state index in [1.54, 1.807) is 25.1 Å². The van der Waals surface area contributed by atoms with Crippen molar-refractivity contribution in [1.82, 2.24) is 14.8 Å². The summed E-state index contributed by atoms with van der Waals surface area (Å²) < 4.78 is 50.5. The number of hydrogen-bond acceptors (Lipinski definition) is 8. The summed E-state index contributed by atoms with van der Waals surface area (Å²) in [5.74, 6) is 0.427. The Morgan fingerprint density at radius 1 is 1.35 bits per heavy atom. The zero-order chi connectivity index (χ0) is 22.8. The normalized spacial score (nSPS) is 19.1. The summed E-state index contributed by atoms with van der Waals surface area (Å²) in [6.45, 7) is 5.91. The van der Waals surface area contributed by atoms with Crippen molar-refractivity contribution < 1.29 is 21.6 Å². The summed E-state index contributed by atoms with van der Waals surface area (Å²) in [5, 5.41) is 8.46. The summed E-state index contributed by atoms with van der Waals surface area (Å²) in [6, 6.07) is 6.20. The van der Waals surface area contributed by atoms with Crippen molar-refractivity contribution in [3.05, 3.63) is 48.3 Å². The van der Waals surface area contributed by atoms with Crippen LogP contribution in [0.25, 0.3) is 0 Å². The third-order valence-electron chi connectivity index (χ3n) is 4.78. The van der Waals surface area contributed by atoms with Gasteiger partial charge >= 0.3 is 0 Å². The molecule has 31 heavy (non-hydrogen) atoms. The highest BCUT2D eigenvalue weighted by Crippen LogP contribution is 2.32. The second-order valence-electron chi connectivity index (χ2n) is 7.42. The fourth-order valence-corrected chi connectivity index (χ4v) is 6.60. The van der Waals surface area contributed by atoms with Crippen molar-refractivity contribution in [2.24, 2.45) is 0 Å². The van der Waals surface area contributed by atoms with E-state index < -0.39 is 25.1 Å². The minimum atomic E-state index is -3.39. The zero-order valence-corrected chi connectivity index (χ0v) is 19.6. The molecule has 1 aliphatic rings. The van der Waals surface area contributed by atoms with E-state index in [1.807, 2.05) is 4.57 Å². The first-order chi connectivity index (χ1) is 14.5. The van der Waals surface area contributed by atoms with Crippen LogP contribution in [-0.4, -0.2) is 60.4 Å². The standard InChI is InChI=1S/C19H24N4O5S3/c1-4-10-23-18(15-9-11-31(27,28)12-15)20-21-19(23)29-13(2)17(24)14-5-7-16(8-6-14)22-30(3,25)26/h4-8,13,15,22H,1,9-12H2,2-3H3/t13-,15+/m1/s1. The molecule has 168 valence electrons. The molecule has 1 N–H and O–H groups in total. The molecule has 1 fully saturated rings. The van der Waals surface area contributed by atoms with E-state index in [4.69, 9.17) is 0 Å². The van der Waals surface area contributed by atoms with Gasteiger partial charge in [-0.15, -0.1) is 16.8 Å². The number of carbonyl (C=O) groups excluding carboxylic acids is 1. The quantitative estimate of drug-likeness (QED) is 0.326. The number of allylic oxidation sites excluding steroid dienone is 1. The molecule has 2 aromatic rings. The fourth-order valence-electron chi connectivity index (χ4n) is 3.35. The van der Waals surface area contributed by atoms with Crippen molar-refractivity contribution >= 4 is 43.1 Å². The van der Waals surface area contributed by atoms with Gasteiger partial charge in [0, 0.05) is 23.7 Å². The van der Waals surface area contributed by atoms with Gasteiger partial charge in [-0.2, -0.15) is 0 Å². The van der Waals surface area contributed by atoms with Crippen LogP contribution in [0.4, 0.5) is 5.69 Å². The smallest absolute Gasteiger partial charge is 0.229 e. The number of hydrogen-bond donors (Lipinski definition) is 1. The number of aromatic nitrogens is 3. The van der Waals surface area contributed by atoms with Crippen molar-refractivity contribution in [3.8, 4) is 0 Å². The summed E-state index contributed by atoms with van der Waals surface area (Å²) in [7, 11) is -6.46. The van der Waals surface area contributed by atoms with Gasteiger partial charge in [-0.05, 0) is 37.6 Å². The van der Waals surface area contributed by atoms with Gasteiger partial charge in [0.25, 0.3) is 0 Å². The van der Waals surface area contributed by atoms with Gasteiger partial charge in [0.15, 0.2) is 20.8 Å². The molecular formula is C19H24N4O5S3. The lowest BCUT2D eigenvalue weighted by Crippen LogP contribution is -2.16. The molecule has 12 heteroatoms. The lowest BCUT2D eigenvalue weighted by Gasteiger charge is -2.14. The van der Waals surface area contributed by atoms with Gasteiger partial charge in [-0.25, -0.2) is 16.8 Å². The first-order valence-electron chi connectivity index (χ1n) is 9.52. The third-order valence-corrected chi connectivity index (χ3v) is 8.23. The second-order valence-corrected chi connectivity index (χ2v) is 12.7. The van der Waals surface area contributed by atoms with Gasteiger partial charge in [0.2, 0.25) is 10.0 Å². The number of Topliss-reactive ketones (excluding diaryl/α,β-unsaturated/α-hetero) is 1. The Bertz CT molecular complexity index is 1190. The molecule has 0 saturated carbocycles. The maximum absolute atomic E-state index is 12.8. The van der Waals surface area contributed by atoms with Crippen molar-refractivity contribution in [1.29, 1.82) is 0 Å². The number of benzene rings is 1. The molecule has 2 heterocycles. The number of carbonyl (C=O) groups is 1. The predicted octanol–water partition coefficient (Wildman–Crippen LogP) is 2.10. The minimum absolute atomic E-state index is 0.0509. The minimum Gasteiger partial charge on any atom is -0.302 e. The van der Waals surface area contributed by atoms with E-state index in [1.165, 1.54) is 23.9 Å². The van der Waals surface area contributed by atoms with Crippen LogP contribution in [0.2, 0.25) is 0 Å². The van der Waals surface area contributed by atoms with E-state index in [9.17, 15) is 21.6 Å². The van der Waals surface area contributed by atoms with E-state index in [0.29, 0.717) is 35.2 Å². The second kappa shape index (κ2) is 9.13. The Hall–Kier alpha value is -2.18. The predicted molar refractivity (Wildman–Crippen MR) is 121 cm³/mol. The highest BCUT2D eigenvalue weighted by Gasteiger charge is 2.33. The topological polar surface area (TPSA) is 128 Å². The molecule has 0 unspecified atom stereocenters. The summed E-state index contributed by atoms with van der Waals surface area (Å²) >= 11 is 1.24. The molecule has 1 aromatic carbocycles. The van der Waals surface area contributed by atoms with Crippen LogP contribution < -0.4 is 4.72 Å². The zero-order valence-electron chi connectivity index (χ0n) is 17.2. The van der Waals surface area contributed by atoms with Gasteiger partial charge in [-0.1, -0.05) is 17.8 Å². The van der Waals surface area contributed by atoms with Crippen molar-refractivity contribution in [2.75, 3.05) is 22.5 Å². The largest absolute Gasteiger partial charge is 0.302 e. The van der Waals surface area contributed by atoms with Crippen LogP contribution in [0.1, 0.15) is 35.4 Å². The lowest BCUT2D eigenvalue weighted by atomic mass is 10.1. The lowest BCUT2D eigenvalue weighted by molar-refractivity contribution is 0.0994. The highest BCUT2D eigenvalue weighted by atomic mass is 32.2. The third kappa shape index (κ3) is 5.95. The number of sulfone groups is 1. The first-order valence-corrected chi connectivity index (χ1v) is 14.1. The van der Waals surface area contributed by atoms with Crippen LogP contribution in [0.3, 0.4) is 0 Å². The van der Waals surface area contributed by atoms with E-state index in [-0.39, 0.29) is 23.2 Å². The molecule has 9 nitrogen and oxygen atoms in total. The average molecular weight is 485 g/mol. The molecule has 0 spiro atoms. The summed E-state index contributed by atoms with van der Waals surface area (Å²) in [5.41, 5.74) is 0.817. The molecule has 0 bridgehead atoms.